The molecule has 9 heterocycles. The molecule has 5 saturated heterocycles. The molecule has 0 bridgehead atoms. The fourth-order valence-electron chi connectivity index (χ4n) is 14.3. The molecule has 0 aliphatic carbocycles. The maximum atomic E-state index is 17.3. The summed E-state index contributed by atoms with van der Waals surface area (Å²) < 4.78 is 36.0. The molecule has 4 N–H and O–H groups in total. The van der Waals surface area contributed by atoms with Crippen LogP contribution < -0.4 is 25.2 Å². The Morgan fingerprint density at radius 2 is 1.77 bits per heavy atom. The van der Waals surface area contributed by atoms with Crippen molar-refractivity contribution in [1.29, 1.82) is 0 Å². The van der Waals surface area contributed by atoms with Gasteiger partial charge in [0.05, 0.1) is 28.9 Å². The summed E-state index contributed by atoms with van der Waals surface area (Å²) in [4.78, 5) is 68.0. The van der Waals surface area contributed by atoms with Crippen LogP contribution in [0, 0.1) is 11.7 Å². The number of fused-ring (bicyclic) bond motifs is 3. The number of halogens is 1. The molecule has 3 amide bonds. The van der Waals surface area contributed by atoms with Crippen LogP contribution in [0.4, 0.5) is 20.8 Å². The highest BCUT2D eigenvalue weighted by Crippen LogP contribution is 2.44. The van der Waals surface area contributed by atoms with E-state index in [1.165, 1.54) is 9.81 Å². The lowest BCUT2D eigenvalue weighted by molar-refractivity contribution is -0.141. The monoisotopic (exact) mass is 1190 g/mol. The van der Waals surface area contributed by atoms with E-state index in [2.05, 4.69) is 56.5 Å². The zero-order valence-electron chi connectivity index (χ0n) is 50.2. The first-order valence-corrected chi connectivity index (χ1v) is 31.9. The van der Waals surface area contributed by atoms with Gasteiger partial charge >= 0.3 is 12.1 Å². The van der Waals surface area contributed by atoms with Crippen LogP contribution >= 0.6 is 11.8 Å². The van der Waals surface area contributed by atoms with E-state index in [1.54, 1.807) is 41.1 Å². The number of hydrogen-bond acceptors (Lipinski definition) is 17. The molecule has 0 unspecified atom stereocenters. The standard InChI is InChI=1S/C65H80FN11O8S/c1-7-42-14-12-15-45-28-47(78)29-49(55(42)45)57-56(66)58-50(32-67-57)60(73-23-10-8-9-11-24-73)71-63(70-58)84-36-65-21-13-25-77(65)46(20-22-65)35-83-64(82)74-26-27-75(39(4)33-74)53-31-52(85-72-53)54(38(2)3)62(81)76-34-48(79)30-51(76)61(80)69-40(5)43-16-18-44(19-17-43)59-41(6)68-37-86-59/h12,14-19,28-29,31-32,38-40,46,48,51,54,68,78-79H,7-11,13,20-27,30,33-37H2,1-6H3,(H,69,80)/t39-,40+,46+,48-,51+,54-,65+/m1/s1. The van der Waals surface area contributed by atoms with Crippen LogP contribution in [0.5, 0.6) is 11.8 Å². The lowest BCUT2D eigenvalue weighted by atomic mass is 9.91. The van der Waals surface area contributed by atoms with Crippen LogP contribution in [0.3, 0.4) is 0 Å². The molecule has 0 saturated carbocycles. The van der Waals surface area contributed by atoms with E-state index in [0.29, 0.717) is 54.6 Å². The number of β-amino-alcohol motifs (C(OH)–C–C–N with tert-alkyl or cyclic N) is 1. The number of pyridine rings is 1. The summed E-state index contributed by atoms with van der Waals surface area (Å²) in [6.07, 6.45) is 8.95. The number of benzene rings is 3. The number of aliphatic hydroxyl groups excluding tert-OH is 1. The first-order valence-electron chi connectivity index (χ1n) is 31.0. The van der Waals surface area contributed by atoms with Crippen molar-refractivity contribution in [2.45, 2.75) is 147 Å². The lowest BCUT2D eigenvalue weighted by Crippen LogP contribution is -2.54. The Morgan fingerprint density at radius 3 is 2.51 bits per heavy atom. The summed E-state index contributed by atoms with van der Waals surface area (Å²) in [7, 11) is 0. The van der Waals surface area contributed by atoms with Gasteiger partial charge in [-0.15, -0.1) is 11.8 Å². The smallest absolute Gasteiger partial charge is 0.409 e. The quantitative estimate of drug-likeness (QED) is 0.0709. The van der Waals surface area contributed by atoms with Crippen molar-refractivity contribution in [2.75, 3.05) is 74.7 Å². The molecule has 0 radical (unpaired) electrons. The van der Waals surface area contributed by atoms with Crippen LogP contribution in [0.2, 0.25) is 0 Å². The number of ether oxygens (including phenoxy) is 2. The molecular weight excluding hydrogens is 1110 g/mol. The van der Waals surface area contributed by atoms with Crippen molar-refractivity contribution in [1.82, 2.24) is 45.4 Å². The third kappa shape index (κ3) is 11.6. The molecule has 21 heteroatoms. The maximum Gasteiger partial charge on any atom is 0.409 e. The van der Waals surface area contributed by atoms with Crippen molar-refractivity contribution >= 4 is 67.9 Å². The van der Waals surface area contributed by atoms with E-state index in [4.69, 9.17) is 28.9 Å². The van der Waals surface area contributed by atoms with Gasteiger partial charge in [0.15, 0.2) is 17.4 Å². The third-order valence-electron chi connectivity index (χ3n) is 18.9. The predicted octanol–water partition coefficient (Wildman–Crippen LogP) is 9.90. The Hall–Kier alpha value is -7.23. The Kier molecular flexibility index (Phi) is 17.1. The van der Waals surface area contributed by atoms with Crippen molar-refractivity contribution in [3.8, 4) is 23.0 Å². The number of rotatable bonds is 16. The summed E-state index contributed by atoms with van der Waals surface area (Å²) in [6.45, 7) is 16.1. The van der Waals surface area contributed by atoms with Gasteiger partial charge in [-0.25, -0.2) is 9.18 Å². The van der Waals surface area contributed by atoms with Crippen LogP contribution in [-0.4, -0.2) is 158 Å². The topological polar surface area (TPSA) is 215 Å². The molecular formula is C65H80FN11O8S. The Bertz CT molecular complexity index is 3540. The Labute approximate surface area is 506 Å². The zero-order chi connectivity index (χ0) is 60.0. The van der Waals surface area contributed by atoms with Crippen molar-refractivity contribution in [3.05, 3.63) is 101 Å². The number of carbonyl (C=O) groups is 3. The molecule has 6 aromatic rings. The zero-order valence-corrected chi connectivity index (χ0v) is 51.0. The number of thioether (sulfide) groups is 1. The molecule has 3 aromatic heterocycles. The van der Waals surface area contributed by atoms with Gasteiger partial charge in [0, 0.05) is 86.2 Å². The normalized spacial score (nSPS) is 23.5. The minimum Gasteiger partial charge on any atom is -0.508 e. The Balaban J connectivity index is 0.673. The van der Waals surface area contributed by atoms with Gasteiger partial charge in [-0.05, 0) is 118 Å². The molecule has 86 heavy (non-hydrogen) atoms. The number of nitrogens with one attached hydrogen (secondary N) is 2. The highest BCUT2D eigenvalue weighted by Gasteiger charge is 2.51. The Morgan fingerprint density at radius 1 is 0.965 bits per heavy atom. The number of nitrogens with zero attached hydrogens (tertiary/aromatic N) is 9. The van der Waals surface area contributed by atoms with Crippen LogP contribution in [0.1, 0.15) is 134 Å². The lowest BCUT2D eigenvalue weighted by Gasteiger charge is -2.39. The minimum absolute atomic E-state index is 0.0170. The molecule has 3 aromatic carbocycles. The van der Waals surface area contributed by atoms with Gasteiger partial charge in [-0.1, -0.05) is 81.2 Å². The van der Waals surface area contributed by atoms with Crippen molar-refractivity contribution in [3.63, 3.8) is 0 Å². The summed E-state index contributed by atoms with van der Waals surface area (Å²) in [5.74, 6) is 0.194. The predicted molar refractivity (Wildman–Crippen MR) is 330 cm³/mol. The number of aliphatic hydroxyl groups is 1. The van der Waals surface area contributed by atoms with Gasteiger partial charge in [-0.3, -0.25) is 19.5 Å². The van der Waals surface area contributed by atoms with Crippen LogP contribution in [-0.2, 0) is 20.7 Å². The molecule has 5 fully saturated rings. The number of likely N-dealkylation sites (tertiary alicyclic amines) is 1. The molecule has 7 atom stereocenters. The first kappa shape index (κ1) is 59.1. The number of aromatic hydroxyl groups is 1. The van der Waals surface area contributed by atoms with E-state index in [-0.39, 0.29) is 90.0 Å². The number of hydrogen-bond donors (Lipinski definition) is 4. The number of phenolic OH excluding ortho intramolecular Hbond substituents is 1. The van der Waals surface area contributed by atoms with E-state index in [1.807, 2.05) is 58.0 Å². The first-order chi connectivity index (χ1) is 41.6. The second-order valence-corrected chi connectivity index (χ2v) is 25.8. The molecule has 6 aliphatic heterocycles. The van der Waals surface area contributed by atoms with Crippen LogP contribution in [0.15, 0.2) is 77.1 Å². The summed E-state index contributed by atoms with van der Waals surface area (Å²) in [6, 6.07) is 17.8. The number of phenols is 1. The fraction of sp³-hybridized carbons (Fsp3) is 0.523. The second-order valence-electron chi connectivity index (χ2n) is 24.8. The minimum atomic E-state index is -0.860. The van der Waals surface area contributed by atoms with Crippen molar-refractivity contribution < 1.29 is 43.0 Å². The number of aromatic nitrogens is 4. The van der Waals surface area contributed by atoms with Gasteiger partial charge in [0.25, 0.3) is 0 Å². The fourth-order valence-corrected chi connectivity index (χ4v) is 15.3. The van der Waals surface area contributed by atoms with Gasteiger partial charge in [0.1, 0.15) is 48.0 Å². The van der Waals surface area contributed by atoms with E-state index in [0.717, 1.165) is 116 Å². The number of aryl methyl sites for hydroxylation is 1. The number of piperazine rings is 1. The summed E-state index contributed by atoms with van der Waals surface area (Å²) >= 11 is 1.76. The number of anilines is 2. The van der Waals surface area contributed by atoms with Gasteiger partial charge < -0.3 is 54.4 Å². The largest absolute Gasteiger partial charge is 0.508 e. The number of amides is 3. The van der Waals surface area contributed by atoms with Gasteiger partial charge in [0.2, 0.25) is 11.8 Å². The highest BCUT2D eigenvalue weighted by atomic mass is 32.2. The second kappa shape index (κ2) is 24.9. The molecule has 0 spiro atoms. The molecule has 12 rings (SSSR count). The average molecular weight is 1190 g/mol. The molecule has 456 valence electrons. The van der Waals surface area contributed by atoms with E-state index >= 15 is 4.39 Å². The number of carbonyl (C=O) groups excluding carboxylic acids is 3. The average Bonchev–Trinajstić information content (AvgIpc) is 2.75. The highest BCUT2D eigenvalue weighted by molar-refractivity contribution is 8.08. The van der Waals surface area contributed by atoms with Gasteiger partial charge in [-0.2, -0.15) is 9.97 Å². The van der Waals surface area contributed by atoms with E-state index in [9.17, 15) is 24.6 Å². The summed E-state index contributed by atoms with van der Waals surface area (Å²) in [5.41, 5.74) is 4.62. The molecule has 19 nitrogen and oxygen atoms in total. The van der Waals surface area contributed by atoms with Crippen molar-refractivity contribution in [2.24, 2.45) is 5.92 Å². The van der Waals surface area contributed by atoms with Crippen LogP contribution in [0.25, 0.3) is 37.8 Å². The summed E-state index contributed by atoms with van der Waals surface area (Å²) in [5, 5.41) is 34.8. The van der Waals surface area contributed by atoms with E-state index < -0.39 is 23.9 Å². The third-order valence-corrected chi connectivity index (χ3v) is 20.0. The maximum absolute atomic E-state index is 17.3. The molecule has 6 aliphatic rings. The number of allylic oxidation sites excluding steroid dienone is 1. The SMILES string of the molecule is CCc1cccc2cc(O)cc(-c3ncc4c(N5CCCCCC5)nc(OC[C@@]56CCCN5[C@H](COC(=O)N5CCN(c7cc([C@H](C(=O)N8C[C@H](O)C[C@H]8C(=O)N[C@@H](C)c8ccc(C9=C(C)NCS9)cc8)C(C)C)on7)[C@H](C)C5)CC6)nc4c3F)c12.